The van der Waals surface area contributed by atoms with Crippen LogP contribution in [0.2, 0.25) is 5.02 Å². The molecule has 0 aliphatic rings. The van der Waals surface area contributed by atoms with Crippen molar-refractivity contribution in [3.05, 3.63) is 63.7 Å². The fourth-order valence-electron chi connectivity index (χ4n) is 2.08. The van der Waals surface area contributed by atoms with E-state index in [0.29, 0.717) is 10.7 Å². The van der Waals surface area contributed by atoms with Crippen LogP contribution in [0.15, 0.2) is 53.4 Å². The number of amides is 2. The summed E-state index contributed by atoms with van der Waals surface area (Å²) in [5, 5.41) is 13.8. The number of carbonyl (C=O) groups is 2. The minimum Gasteiger partial charge on any atom is -0.325 e. The number of sulfonamides is 1. The molecule has 0 unspecified atom stereocenters. The number of anilines is 1. The zero-order valence-electron chi connectivity index (χ0n) is 14.2. The Morgan fingerprint density at radius 1 is 1.00 bits per heavy atom. The summed E-state index contributed by atoms with van der Waals surface area (Å²) in [4.78, 5) is 34.9. The highest BCUT2D eigenvalue weighted by Gasteiger charge is 2.25. The third-order valence-electron chi connectivity index (χ3n) is 3.40. The first-order chi connectivity index (χ1) is 13.2. The predicted molar refractivity (Wildman–Crippen MR) is 101 cm³/mol. The van der Waals surface area contributed by atoms with Crippen LogP contribution in [0.25, 0.3) is 0 Å². The number of nitrogens with one attached hydrogen (secondary N) is 3. The summed E-state index contributed by atoms with van der Waals surface area (Å²) in [6, 6.07) is 11.2. The summed E-state index contributed by atoms with van der Waals surface area (Å²) in [6.07, 6.45) is -0.556. The van der Waals surface area contributed by atoms with E-state index in [9.17, 15) is 28.1 Å². The van der Waals surface area contributed by atoms with E-state index in [0.717, 1.165) is 12.1 Å². The highest BCUT2D eigenvalue weighted by molar-refractivity contribution is 7.89. The van der Waals surface area contributed by atoms with Crippen LogP contribution in [-0.4, -0.2) is 25.2 Å². The Balaban J connectivity index is 1.89. The van der Waals surface area contributed by atoms with Gasteiger partial charge in [0.1, 0.15) is 0 Å². The number of halogens is 1. The standard InChI is InChI=1S/C16H15ClN4O6S/c17-11-5-1-2-6-12(11)18-15(22)9-10-16(23)19-20-28(26,27)14-8-4-3-7-13(14)21(24)25/h1-8,20H,9-10H2,(H,18,22)(H,19,23). The van der Waals surface area contributed by atoms with Crippen LogP contribution in [0, 0.1) is 10.1 Å². The van der Waals surface area contributed by atoms with Crippen LogP contribution in [0.4, 0.5) is 11.4 Å². The normalized spacial score (nSPS) is 10.9. The predicted octanol–water partition coefficient (Wildman–Crippen LogP) is 1.98. The molecular formula is C16H15ClN4O6S. The van der Waals surface area contributed by atoms with Crippen LogP contribution >= 0.6 is 11.6 Å². The lowest BCUT2D eigenvalue weighted by atomic mass is 10.2. The Bertz CT molecular complexity index is 1010. The van der Waals surface area contributed by atoms with E-state index in [1.165, 1.54) is 12.1 Å². The molecule has 148 valence electrons. The van der Waals surface area contributed by atoms with E-state index in [2.05, 4.69) is 5.32 Å². The summed E-state index contributed by atoms with van der Waals surface area (Å²) in [5.41, 5.74) is 1.66. The van der Waals surface area contributed by atoms with E-state index >= 15 is 0 Å². The van der Waals surface area contributed by atoms with Gasteiger partial charge in [-0.2, -0.15) is 0 Å². The number of hydrogen-bond donors (Lipinski definition) is 3. The summed E-state index contributed by atoms with van der Waals surface area (Å²) < 4.78 is 24.3. The number of hydrogen-bond acceptors (Lipinski definition) is 6. The van der Waals surface area contributed by atoms with Gasteiger partial charge in [0.15, 0.2) is 4.90 Å². The molecule has 0 bridgehead atoms. The summed E-state index contributed by atoms with van der Waals surface area (Å²) in [6.45, 7) is 0. The third kappa shape index (κ3) is 5.74. The first-order valence-corrected chi connectivity index (χ1v) is 9.65. The van der Waals surface area contributed by atoms with Gasteiger partial charge in [0.05, 0.1) is 15.6 Å². The molecule has 10 nitrogen and oxygen atoms in total. The molecule has 0 atom stereocenters. The van der Waals surface area contributed by atoms with Crippen molar-refractivity contribution in [1.82, 2.24) is 10.3 Å². The van der Waals surface area contributed by atoms with Crippen LogP contribution in [0.1, 0.15) is 12.8 Å². The number of nitro benzene ring substituents is 1. The second-order valence-corrected chi connectivity index (χ2v) is 7.46. The van der Waals surface area contributed by atoms with Gasteiger partial charge in [-0.15, -0.1) is 4.83 Å². The topological polar surface area (TPSA) is 148 Å². The molecule has 28 heavy (non-hydrogen) atoms. The molecule has 2 aromatic rings. The largest absolute Gasteiger partial charge is 0.325 e. The maximum absolute atomic E-state index is 12.2. The summed E-state index contributed by atoms with van der Waals surface area (Å²) in [5.74, 6) is -1.29. The molecule has 2 amide bonds. The van der Waals surface area contributed by atoms with Gasteiger partial charge in [-0.1, -0.05) is 35.9 Å². The fraction of sp³-hybridized carbons (Fsp3) is 0.125. The quantitative estimate of drug-likeness (QED) is 0.434. The van der Waals surface area contributed by atoms with Gasteiger partial charge in [0.25, 0.3) is 15.7 Å². The summed E-state index contributed by atoms with van der Waals surface area (Å²) in [7, 11) is -4.37. The second kappa shape index (κ2) is 9.26. The molecular weight excluding hydrogens is 412 g/mol. The first kappa shape index (κ1) is 21.3. The number of rotatable bonds is 8. The molecule has 2 rings (SSSR count). The highest BCUT2D eigenvalue weighted by Crippen LogP contribution is 2.22. The van der Waals surface area contributed by atoms with Gasteiger partial charge in [0, 0.05) is 18.9 Å². The number of nitro groups is 1. The number of benzene rings is 2. The lowest BCUT2D eigenvalue weighted by Crippen LogP contribution is -2.41. The third-order valence-corrected chi connectivity index (χ3v) is 5.03. The molecule has 0 radical (unpaired) electrons. The SMILES string of the molecule is O=C(CCC(=O)Nc1ccccc1Cl)NNS(=O)(=O)c1ccccc1[N+](=O)[O-]. The molecule has 0 aliphatic heterocycles. The minimum atomic E-state index is -4.37. The molecule has 0 fully saturated rings. The molecule has 2 aromatic carbocycles. The van der Waals surface area contributed by atoms with Gasteiger partial charge < -0.3 is 5.32 Å². The smallest absolute Gasteiger partial charge is 0.289 e. The second-order valence-electron chi connectivity index (χ2n) is 5.41. The average Bonchev–Trinajstić information content (AvgIpc) is 2.66. The van der Waals surface area contributed by atoms with Gasteiger partial charge >= 0.3 is 0 Å². The van der Waals surface area contributed by atoms with E-state index in [4.69, 9.17) is 11.6 Å². The van der Waals surface area contributed by atoms with E-state index in [1.54, 1.807) is 29.1 Å². The maximum atomic E-state index is 12.2. The van der Waals surface area contributed by atoms with Crippen LogP contribution in [0.3, 0.4) is 0 Å². The Morgan fingerprint density at radius 2 is 1.61 bits per heavy atom. The van der Waals surface area contributed by atoms with Crippen molar-refractivity contribution in [2.24, 2.45) is 0 Å². The zero-order chi connectivity index (χ0) is 20.7. The molecule has 0 heterocycles. The van der Waals surface area contributed by atoms with Gasteiger partial charge in [-0.25, -0.2) is 8.42 Å². The minimum absolute atomic E-state index is 0.232. The zero-order valence-corrected chi connectivity index (χ0v) is 15.8. The Kier molecular flexibility index (Phi) is 7.04. The maximum Gasteiger partial charge on any atom is 0.289 e. The summed E-state index contributed by atoms with van der Waals surface area (Å²) >= 11 is 5.91. The Hall–Kier alpha value is -3.02. The Labute approximate surface area is 165 Å². The van der Waals surface area contributed by atoms with Crippen molar-refractivity contribution in [2.75, 3.05) is 5.32 Å². The number of nitrogens with zero attached hydrogens (tertiary/aromatic N) is 1. The van der Waals surface area contributed by atoms with Gasteiger partial charge in [-0.3, -0.25) is 25.1 Å². The molecule has 0 saturated heterocycles. The van der Waals surface area contributed by atoms with Crippen molar-refractivity contribution >= 4 is 44.8 Å². The van der Waals surface area contributed by atoms with Gasteiger partial charge in [0.2, 0.25) is 11.8 Å². The number of carbonyl (C=O) groups excluding carboxylic acids is 2. The van der Waals surface area contributed by atoms with Crippen molar-refractivity contribution in [2.45, 2.75) is 17.7 Å². The van der Waals surface area contributed by atoms with Crippen LogP contribution < -0.4 is 15.6 Å². The molecule has 0 aliphatic carbocycles. The van der Waals surface area contributed by atoms with E-state index in [-0.39, 0.29) is 12.8 Å². The fourth-order valence-corrected chi connectivity index (χ4v) is 3.30. The van der Waals surface area contributed by atoms with Crippen LogP contribution in [-0.2, 0) is 19.6 Å². The lowest BCUT2D eigenvalue weighted by molar-refractivity contribution is -0.387. The van der Waals surface area contributed by atoms with Crippen molar-refractivity contribution in [3.63, 3.8) is 0 Å². The lowest BCUT2D eigenvalue weighted by Gasteiger charge is -2.09. The Morgan fingerprint density at radius 3 is 2.29 bits per heavy atom. The van der Waals surface area contributed by atoms with Crippen molar-refractivity contribution in [1.29, 1.82) is 0 Å². The first-order valence-electron chi connectivity index (χ1n) is 7.79. The molecule has 0 aromatic heterocycles. The van der Waals surface area contributed by atoms with Crippen molar-refractivity contribution < 1.29 is 22.9 Å². The molecule has 3 N–H and O–H groups in total. The monoisotopic (exact) mass is 426 g/mol. The molecule has 12 heteroatoms. The highest BCUT2D eigenvalue weighted by atomic mass is 35.5. The van der Waals surface area contributed by atoms with Gasteiger partial charge in [-0.05, 0) is 18.2 Å². The van der Waals surface area contributed by atoms with Crippen LogP contribution in [0.5, 0.6) is 0 Å². The number of hydrazine groups is 1. The van der Waals surface area contributed by atoms with E-state index in [1.807, 2.05) is 5.43 Å². The molecule has 0 spiro atoms. The molecule has 0 saturated carbocycles. The number of para-hydroxylation sites is 2. The average molecular weight is 427 g/mol. The van der Waals surface area contributed by atoms with Crippen molar-refractivity contribution in [3.8, 4) is 0 Å². The van der Waals surface area contributed by atoms with E-state index < -0.39 is 37.3 Å².